The lowest BCUT2D eigenvalue weighted by Gasteiger charge is -2.43. The molecule has 0 aromatic heterocycles. The largest absolute Gasteiger partial charge is 0.416 e. The minimum atomic E-state index is -5.06. The van der Waals surface area contributed by atoms with Crippen LogP contribution in [-0.4, -0.2) is 55.0 Å². The number of piperidine rings is 1. The maximum atomic E-state index is 13.5. The second-order valence-corrected chi connectivity index (χ2v) is 8.70. The monoisotopic (exact) mass is 519 g/mol. The zero-order chi connectivity index (χ0) is 27.0. The number of likely N-dealkylation sites (N-methyl/N-ethyl adjacent to an activating group) is 1. The van der Waals surface area contributed by atoms with E-state index in [0.717, 1.165) is 11.9 Å². The van der Waals surface area contributed by atoms with Crippen molar-refractivity contribution >= 4 is 17.6 Å². The second kappa shape index (κ2) is 9.98. The van der Waals surface area contributed by atoms with Crippen molar-refractivity contribution in [2.75, 3.05) is 32.1 Å². The van der Waals surface area contributed by atoms with Crippen molar-refractivity contribution in [1.82, 2.24) is 9.80 Å². The molecule has 2 aromatic rings. The van der Waals surface area contributed by atoms with Crippen LogP contribution in [0.4, 0.5) is 41.2 Å². The van der Waals surface area contributed by atoms with Gasteiger partial charge in [0.05, 0.1) is 11.1 Å². The molecule has 0 radical (unpaired) electrons. The SMILES string of the molecule is CC(=O)N1CC[C@@H](N(C)C(=O)N(C)c2cc(C(F)(F)F)cc(C(F)(F)F)c2)[C@H](c2ccc(F)cc2)C1. The number of amides is 3. The van der Waals surface area contributed by atoms with Crippen molar-refractivity contribution in [3.05, 3.63) is 65.0 Å². The smallest absolute Gasteiger partial charge is 0.342 e. The number of benzene rings is 2. The van der Waals surface area contributed by atoms with Gasteiger partial charge in [-0.05, 0) is 42.3 Å². The summed E-state index contributed by atoms with van der Waals surface area (Å²) in [5.74, 6) is -1.14. The molecule has 3 amide bonds. The molecule has 0 N–H and O–H groups in total. The molecule has 1 aliphatic rings. The number of rotatable bonds is 3. The average Bonchev–Trinajstić information content (AvgIpc) is 2.81. The molecule has 0 bridgehead atoms. The van der Waals surface area contributed by atoms with Crippen molar-refractivity contribution in [1.29, 1.82) is 0 Å². The first-order valence-electron chi connectivity index (χ1n) is 10.9. The fourth-order valence-electron chi connectivity index (χ4n) is 4.35. The summed E-state index contributed by atoms with van der Waals surface area (Å²) in [5.41, 5.74) is -3.01. The first kappa shape index (κ1) is 27.3. The zero-order valence-electron chi connectivity index (χ0n) is 19.6. The molecule has 2 atom stereocenters. The molecule has 0 aliphatic carbocycles. The highest BCUT2D eigenvalue weighted by Gasteiger charge is 2.39. The van der Waals surface area contributed by atoms with E-state index in [1.54, 1.807) is 4.90 Å². The molecule has 1 heterocycles. The van der Waals surface area contributed by atoms with Crippen molar-refractivity contribution in [3.8, 4) is 0 Å². The molecule has 36 heavy (non-hydrogen) atoms. The van der Waals surface area contributed by atoms with Gasteiger partial charge in [-0.2, -0.15) is 26.3 Å². The highest BCUT2D eigenvalue weighted by atomic mass is 19.4. The van der Waals surface area contributed by atoms with Gasteiger partial charge in [-0.25, -0.2) is 9.18 Å². The summed E-state index contributed by atoms with van der Waals surface area (Å²) in [6.45, 7) is 1.88. The number of anilines is 1. The molecular weight excluding hydrogens is 495 g/mol. The van der Waals surface area contributed by atoms with Gasteiger partial charge in [0, 0.05) is 51.8 Å². The Balaban J connectivity index is 1.95. The Hall–Kier alpha value is -3.31. The van der Waals surface area contributed by atoms with E-state index in [2.05, 4.69) is 0 Å². The van der Waals surface area contributed by atoms with Crippen LogP contribution < -0.4 is 4.90 Å². The molecule has 5 nitrogen and oxygen atoms in total. The Kier molecular flexibility index (Phi) is 7.56. The summed E-state index contributed by atoms with van der Waals surface area (Å²) in [6, 6.07) is 5.05. The standard InChI is InChI=1S/C24H24F7N3O2/c1-14(35)34-9-8-21(20(13-34)15-4-6-18(25)7-5-15)33(3)22(36)32(2)19-11-16(23(26,27)28)10-17(12-19)24(29,30)31/h4-7,10-12,20-21H,8-9,13H2,1-3H3/t20-,21+/m0/s1. The number of likely N-dealkylation sites (tertiary alicyclic amines) is 1. The third-order valence-corrected chi connectivity index (χ3v) is 6.37. The van der Waals surface area contributed by atoms with Gasteiger partial charge in [-0.15, -0.1) is 0 Å². The van der Waals surface area contributed by atoms with E-state index in [1.165, 1.54) is 43.1 Å². The third-order valence-electron chi connectivity index (χ3n) is 6.37. The Morgan fingerprint density at radius 3 is 1.92 bits per heavy atom. The number of alkyl halides is 6. The lowest BCUT2D eigenvalue weighted by molar-refractivity contribution is -0.143. The molecule has 1 saturated heterocycles. The maximum Gasteiger partial charge on any atom is 0.416 e. The number of carbonyl (C=O) groups is 2. The number of nitrogens with zero attached hydrogens (tertiary/aromatic N) is 3. The quantitative estimate of drug-likeness (QED) is 0.485. The van der Waals surface area contributed by atoms with E-state index in [4.69, 9.17) is 0 Å². The molecule has 1 aliphatic heterocycles. The van der Waals surface area contributed by atoms with E-state index >= 15 is 0 Å². The predicted octanol–water partition coefficient (Wildman–Crippen LogP) is 5.76. The Morgan fingerprint density at radius 2 is 1.44 bits per heavy atom. The Bertz CT molecular complexity index is 1080. The van der Waals surface area contributed by atoms with Crippen LogP contribution >= 0.6 is 0 Å². The highest BCUT2D eigenvalue weighted by Crippen LogP contribution is 2.39. The van der Waals surface area contributed by atoms with Crippen molar-refractivity contribution < 1.29 is 40.3 Å². The van der Waals surface area contributed by atoms with E-state index in [1.807, 2.05) is 0 Å². The van der Waals surface area contributed by atoms with E-state index < -0.39 is 53.0 Å². The molecular formula is C24H24F7N3O2. The predicted molar refractivity (Wildman–Crippen MR) is 118 cm³/mol. The summed E-state index contributed by atoms with van der Waals surface area (Å²) in [7, 11) is 2.48. The van der Waals surface area contributed by atoms with Crippen LogP contribution in [0, 0.1) is 5.82 Å². The lowest BCUT2D eigenvalue weighted by atomic mass is 9.85. The number of hydrogen-bond acceptors (Lipinski definition) is 2. The first-order valence-corrected chi connectivity index (χ1v) is 10.9. The fourth-order valence-corrected chi connectivity index (χ4v) is 4.35. The molecule has 0 saturated carbocycles. The Labute approximate surface area is 203 Å². The maximum absolute atomic E-state index is 13.5. The van der Waals surface area contributed by atoms with Gasteiger partial charge in [0.2, 0.25) is 5.91 Å². The van der Waals surface area contributed by atoms with Gasteiger partial charge in [-0.3, -0.25) is 9.69 Å². The molecule has 0 unspecified atom stereocenters. The zero-order valence-corrected chi connectivity index (χ0v) is 19.6. The first-order chi connectivity index (χ1) is 16.6. The average molecular weight is 519 g/mol. The Morgan fingerprint density at radius 1 is 0.917 bits per heavy atom. The molecule has 12 heteroatoms. The normalized spacial score (nSPS) is 18.7. The third kappa shape index (κ3) is 5.90. The van der Waals surface area contributed by atoms with Crippen LogP contribution in [0.15, 0.2) is 42.5 Å². The number of hydrogen-bond donors (Lipinski definition) is 0. The molecule has 2 aromatic carbocycles. The minimum absolute atomic E-state index is 0.00637. The topological polar surface area (TPSA) is 43.9 Å². The summed E-state index contributed by atoms with van der Waals surface area (Å²) in [4.78, 5) is 28.7. The summed E-state index contributed by atoms with van der Waals surface area (Å²) in [6.07, 6.45) is -9.81. The number of carbonyl (C=O) groups excluding carboxylic acids is 2. The summed E-state index contributed by atoms with van der Waals surface area (Å²) < 4.78 is 93.1. The van der Waals surface area contributed by atoms with Crippen LogP contribution in [0.25, 0.3) is 0 Å². The van der Waals surface area contributed by atoms with Crippen LogP contribution in [0.3, 0.4) is 0 Å². The van der Waals surface area contributed by atoms with Crippen LogP contribution in [0.5, 0.6) is 0 Å². The molecule has 1 fully saturated rings. The van der Waals surface area contributed by atoms with Crippen molar-refractivity contribution in [2.45, 2.75) is 37.7 Å². The van der Waals surface area contributed by atoms with Crippen LogP contribution in [0.2, 0.25) is 0 Å². The summed E-state index contributed by atoms with van der Waals surface area (Å²) >= 11 is 0. The van der Waals surface area contributed by atoms with Crippen molar-refractivity contribution in [3.63, 3.8) is 0 Å². The van der Waals surface area contributed by atoms with E-state index in [-0.39, 0.29) is 18.5 Å². The van der Waals surface area contributed by atoms with Crippen molar-refractivity contribution in [2.24, 2.45) is 0 Å². The van der Waals surface area contributed by atoms with Gasteiger partial charge in [-0.1, -0.05) is 12.1 Å². The van der Waals surface area contributed by atoms with Crippen LogP contribution in [0.1, 0.15) is 36.0 Å². The van der Waals surface area contributed by atoms with E-state index in [0.29, 0.717) is 30.7 Å². The second-order valence-electron chi connectivity index (χ2n) is 8.70. The number of urea groups is 1. The van der Waals surface area contributed by atoms with Crippen LogP contribution in [-0.2, 0) is 17.1 Å². The summed E-state index contributed by atoms with van der Waals surface area (Å²) in [5, 5.41) is 0. The van der Waals surface area contributed by atoms with Gasteiger partial charge in [0.25, 0.3) is 0 Å². The molecule has 196 valence electrons. The molecule has 3 rings (SSSR count). The highest BCUT2D eigenvalue weighted by molar-refractivity contribution is 5.92. The lowest BCUT2D eigenvalue weighted by Crippen LogP contribution is -2.53. The van der Waals surface area contributed by atoms with E-state index in [9.17, 15) is 40.3 Å². The van der Waals surface area contributed by atoms with Gasteiger partial charge < -0.3 is 9.80 Å². The molecule has 0 spiro atoms. The van der Waals surface area contributed by atoms with Gasteiger partial charge >= 0.3 is 18.4 Å². The minimum Gasteiger partial charge on any atom is -0.342 e. The van der Waals surface area contributed by atoms with Gasteiger partial charge in [0.15, 0.2) is 0 Å². The fraction of sp³-hybridized carbons (Fsp3) is 0.417. The number of halogens is 7. The van der Waals surface area contributed by atoms with Gasteiger partial charge in [0.1, 0.15) is 5.82 Å².